The van der Waals surface area contributed by atoms with Crippen molar-refractivity contribution in [2.45, 2.75) is 111 Å². The van der Waals surface area contributed by atoms with E-state index in [0.29, 0.717) is 29.5 Å². The Balaban J connectivity index is 1.77. The van der Waals surface area contributed by atoms with E-state index in [1.807, 2.05) is 52.0 Å². The minimum Gasteiger partial charge on any atom is -0.508 e. The van der Waals surface area contributed by atoms with Crippen molar-refractivity contribution in [1.82, 2.24) is 0 Å². The van der Waals surface area contributed by atoms with Crippen LogP contribution in [0.3, 0.4) is 0 Å². The first-order valence-corrected chi connectivity index (χ1v) is 15.0. The van der Waals surface area contributed by atoms with Gasteiger partial charge in [-0.2, -0.15) is 0 Å². The maximum atomic E-state index is 13.7. The molecular weight excluding hydrogens is 520 g/mol. The summed E-state index contributed by atoms with van der Waals surface area (Å²) in [5.74, 6) is -1.72. The van der Waals surface area contributed by atoms with Crippen molar-refractivity contribution in [2.75, 3.05) is 0 Å². The number of ether oxygens (including phenoxy) is 3. The Labute approximate surface area is 244 Å². The van der Waals surface area contributed by atoms with Crippen molar-refractivity contribution in [2.24, 2.45) is 17.8 Å². The summed E-state index contributed by atoms with van der Waals surface area (Å²) >= 11 is 0. The molecule has 224 valence electrons. The van der Waals surface area contributed by atoms with Crippen molar-refractivity contribution in [3.63, 3.8) is 0 Å². The lowest BCUT2D eigenvalue weighted by Gasteiger charge is -2.50. The van der Waals surface area contributed by atoms with E-state index in [0.717, 1.165) is 17.6 Å². The molecule has 2 bridgehead atoms. The second-order valence-corrected chi connectivity index (χ2v) is 12.4. The van der Waals surface area contributed by atoms with E-state index in [9.17, 15) is 19.8 Å². The number of aliphatic hydroxyl groups is 1. The molecule has 1 aromatic rings. The molecule has 8 atom stereocenters. The number of aromatic hydroxyl groups is 1. The molecule has 0 aliphatic carbocycles. The van der Waals surface area contributed by atoms with Crippen LogP contribution in [0.1, 0.15) is 95.1 Å². The molecule has 7 nitrogen and oxygen atoms in total. The van der Waals surface area contributed by atoms with Crippen molar-refractivity contribution in [3.05, 3.63) is 58.7 Å². The SMILES string of the molecule is CC[C@H](C)[C@H]1O[C@]2(CC(=O)[C@@H]1C)C[C@@H]1C[C@@H](C/C=C(/C)[C@@H](O)[C@@H](C)/C=C\C=C(\C)c3cc(O)c(C)cc3C(=O)O1)O2. The molecule has 2 N–H and O–H groups in total. The molecule has 2 fully saturated rings. The molecule has 0 amide bonds. The van der Waals surface area contributed by atoms with Gasteiger partial charge in [0.2, 0.25) is 0 Å². The lowest BCUT2D eigenvalue weighted by Crippen LogP contribution is -2.57. The molecule has 0 unspecified atom stereocenters. The zero-order valence-corrected chi connectivity index (χ0v) is 25.5. The third kappa shape index (κ3) is 6.85. The normalized spacial score (nSPS) is 37.3. The molecule has 3 heterocycles. The Hall–Kier alpha value is -2.74. The standard InChI is InChI=1S/C34H46O7/c1-8-19(2)32-24(7)30(36)18-34(41-32)17-26-15-25(40-34)13-12-22(5)31(37)21(4)11-9-10-20(3)27-16-29(35)23(6)14-28(27)33(38)39-26/h9-12,14,16,19,21,24-26,31-32,35,37H,8,13,15,17-18H2,1-7H3/b11-9-,20-10-,22-12-/t19-,21-,24-,25+,26-,31-,32+,34-/m0/s1. The average molecular weight is 567 g/mol. The van der Waals surface area contributed by atoms with Crippen LogP contribution in [0.15, 0.2) is 42.0 Å². The Morgan fingerprint density at radius 1 is 1.07 bits per heavy atom. The van der Waals surface area contributed by atoms with Crippen LogP contribution in [-0.2, 0) is 19.0 Å². The summed E-state index contributed by atoms with van der Waals surface area (Å²) in [5.41, 5.74) is 3.11. The van der Waals surface area contributed by atoms with Crippen molar-refractivity contribution >= 4 is 17.3 Å². The number of aliphatic hydroxyl groups excluding tert-OH is 1. The highest BCUT2D eigenvalue weighted by molar-refractivity contribution is 5.96. The first-order chi connectivity index (χ1) is 19.3. The van der Waals surface area contributed by atoms with Crippen LogP contribution in [0.2, 0.25) is 0 Å². The van der Waals surface area contributed by atoms with Gasteiger partial charge in [-0.25, -0.2) is 4.79 Å². The third-order valence-electron chi connectivity index (χ3n) is 9.13. The highest BCUT2D eigenvalue weighted by Gasteiger charge is 2.52. The van der Waals surface area contributed by atoms with E-state index in [1.54, 1.807) is 19.1 Å². The molecule has 4 rings (SSSR count). The Morgan fingerprint density at radius 3 is 2.51 bits per heavy atom. The fourth-order valence-corrected chi connectivity index (χ4v) is 6.22. The number of phenolic OH excluding ortho intramolecular Hbond substituents is 1. The minimum absolute atomic E-state index is 0.0920. The number of rotatable bonds is 2. The predicted octanol–water partition coefficient (Wildman–Crippen LogP) is 6.45. The van der Waals surface area contributed by atoms with E-state index in [2.05, 4.69) is 13.8 Å². The Morgan fingerprint density at radius 2 is 1.80 bits per heavy atom. The van der Waals surface area contributed by atoms with Crippen LogP contribution in [0.5, 0.6) is 5.75 Å². The largest absolute Gasteiger partial charge is 0.508 e. The van der Waals surface area contributed by atoms with Gasteiger partial charge in [0, 0.05) is 24.7 Å². The summed E-state index contributed by atoms with van der Waals surface area (Å²) in [6.45, 7) is 13.6. The van der Waals surface area contributed by atoms with E-state index in [1.165, 1.54) is 0 Å². The van der Waals surface area contributed by atoms with Gasteiger partial charge >= 0.3 is 5.97 Å². The molecule has 3 aliphatic rings. The van der Waals surface area contributed by atoms with E-state index < -0.39 is 24.0 Å². The smallest absolute Gasteiger partial charge is 0.339 e. The Bertz CT molecular complexity index is 1240. The van der Waals surface area contributed by atoms with Crippen molar-refractivity contribution < 1.29 is 34.0 Å². The zero-order valence-electron chi connectivity index (χ0n) is 25.5. The molecule has 0 radical (unpaired) electrons. The van der Waals surface area contributed by atoms with Crippen LogP contribution in [0, 0.1) is 24.7 Å². The van der Waals surface area contributed by atoms with E-state index >= 15 is 0 Å². The van der Waals surface area contributed by atoms with Gasteiger partial charge in [0.15, 0.2) is 5.79 Å². The molecule has 41 heavy (non-hydrogen) atoms. The molecule has 0 saturated carbocycles. The highest BCUT2D eigenvalue weighted by atomic mass is 16.7. The van der Waals surface area contributed by atoms with Crippen LogP contribution >= 0.6 is 0 Å². The summed E-state index contributed by atoms with van der Waals surface area (Å²) in [5, 5.41) is 21.5. The number of allylic oxidation sites excluding steroid dienone is 3. The molecular formula is C34H46O7. The number of hydrogen-bond acceptors (Lipinski definition) is 7. The number of phenols is 1. The monoisotopic (exact) mass is 566 g/mol. The number of carbonyl (C=O) groups excluding carboxylic acids is 2. The van der Waals surface area contributed by atoms with Gasteiger partial charge < -0.3 is 24.4 Å². The number of hydrogen-bond donors (Lipinski definition) is 2. The summed E-state index contributed by atoms with van der Waals surface area (Å²) in [6.07, 6.45) is 7.88. The van der Waals surface area contributed by atoms with Gasteiger partial charge in [-0.15, -0.1) is 0 Å². The van der Waals surface area contributed by atoms with Gasteiger partial charge in [0.05, 0.1) is 30.3 Å². The van der Waals surface area contributed by atoms with Crippen molar-refractivity contribution in [1.29, 1.82) is 0 Å². The van der Waals surface area contributed by atoms with Gasteiger partial charge in [-0.3, -0.25) is 4.79 Å². The second-order valence-electron chi connectivity index (χ2n) is 12.4. The molecule has 1 aromatic carbocycles. The molecule has 1 spiro atoms. The molecule has 3 aliphatic heterocycles. The zero-order chi connectivity index (χ0) is 30.1. The topological polar surface area (TPSA) is 102 Å². The van der Waals surface area contributed by atoms with Crippen LogP contribution in [-0.4, -0.2) is 52.2 Å². The first kappa shape index (κ1) is 31.2. The number of fused-ring (bicyclic) bond motifs is 3. The molecule has 2 saturated heterocycles. The van der Waals surface area contributed by atoms with Crippen LogP contribution < -0.4 is 0 Å². The maximum Gasteiger partial charge on any atom is 0.339 e. The average Bonchev–Trinajstić information content (AvgIpc) is 2.93. The van der Waals surface area contributed by atoms with Gasteiger partial charge in [-0.05, 0) is 67.5 Å². The van der Waals surface area contributed by atoms with E-state index in [4.69, 9.17) is 14.2 Å². The number of aryl methyl sites for hydroxylation is 1. The molecule has 7 heteroatoms. The number of benzene rings is 1. The first-order valence-electron chi connectivity index (χ1n) is 15.0. The number of Topliss-reactive ketones (excluding diaryl/α,β-unsaturated/α-hetero) is 1. The summed E-state index contributed by atoms with van der Waals surface area (Å²) in [6, 6.07) is 3.25. The quantitative estimate of drug-likeness (QED) is 0.313. The number of ketones is 1. The highest BCUT2D eigenvalue weighted by Crippen LogP contribution is 2.44. The Kier molecular flexibility index (Phi) is 9.62. The predicted molar refractivity (Wildman–Crippen MR) is 158 cm³/mol. The number of esters is 1. The summed E-state index contributed by atoms with van der Waals surface area (Å²) in [7, 11) is 0. The third-order valence-corrected chi connectivity index (χ3v) is 9.13. The maximum absolute atomic E-state index is 13.7. The van der Waals surface area contributed by atoms with Gasteiger partial charge in [0.1, 0.15) is 17.6 Å². The number of carbonyl (C=O) groups is 2. The lowest BCUT2D eigenvalue weighted by molar-refractivity contribution is -0.328. The van der Waals surface area contributed by atoms with E-state index in [-0.39, 0.29) is 54.3 Å². The van der Waals surface area contributed by atoms with Crippen LogP contribution in [0.4, 0.5) is 0 Å². The van der Waals surface area contributed by atoms with Gasteiger partial charge in [0.25, 0.3) is 0 Å². The second kappa shape index (κ2) is 12.6. The fraction of sp³-hybridized carbons (Fsp3) is 0.588. The molecule has 0 aromatic heterocycles. The summed E-state index contributed by atoms with van der Waals surface area (Å²) in [4.78, 5) is 27.0. The minimum atomic E-state index is -1.18. The van der Waals surface area contributed by atoms with Crippen LogP contribution in [0.25, 0.3) is 5.57 Å². The van der Waals surface area contributed by atoms with Gasteiger partial charge in [-0.1, -0.05) is 58.4 Å². The van der Waals surface area contributed by atoms with Crippen molar-refractivity contribution in [3.8, 4) is 5.75 Å². The fourth-order valence-electron chi connectivity index (χ4n) is 6.22. The lowest BCUT2D eigenvalue weighted by atomic mass is 9.80. The summed E-state index contributed by atoms with van der Waals surface area (Å²) < 4.78 is 19.4.